The van der Waals surface area contributed by atoms with Crippen LogP contribution in [0.2, 0.25) is 0 Å². The Morgan fingerprint density at radius 3 is 2.22 bits per heavy atom. The van der Waals surface area contributed by atoms with Gasteiger partial charge in [0.1, 0.15) is 17.3 Å². The Balaban J connectivity index is 0.780. The Hall–Kier alpha value is -5.15. The number of carbonyl (C=O) groups excluding carboxylic acids is 3. The summed E-state index contributed by atoms with van der Waals surface area (Å²) in [7, 11) is 0. The number of rotatable bonds is 7. The molecule has 4 aromatic carbocycles. The minimum absolute atomic E-state index is 0.0197. The summed E-state index contributed by atoms with van der Waals surface area (Å²) in [6, 6.07) is 30.9. The van der Waals surface area contributed by atoms with E-state index in [1.807, 2.05) is 12.1 Å². The van der Waals surface area contributed by atoms with Crippen LogP contribution in [0.5, 0.6) is 11.5 Å². The van der Waals surface area contributed by atoms with Crippen LogP contribution in [0.3, 0.4) is 0 Å². The van der Waals surface area contributed by atoms with E-state index in [2.05, 4.69) is 81.4 Å². The second-order valence-electron chi connectivity index (χ2n) is 15.8. The lowest BCUT2D eigenvalue weighted by atomic mass is 9.76. The van der Waals surface area contributed by atoms with Crippen molar-refractivity contribution in [2.75, 3.05) is 62.2 Å². The van der Waals surface area contributed by atoms with Crippen LogP contribution >= 0.6 is 0 Å². The highest BCUT2D eigenvalue weighted by atomic mass is 16.5. The Morgan fingerprint density at radius 1 is 0.722 bits per heavy atom. The van der Waals surface area contributed by atoms with Crippen molar-refractivity contribution >= 4 is 28.8 Å². The number of amides is 1. The number of Topliss-reactive ketones (excluding diaryl/α,β-unsaturated/α-hetero) is 2. The van der Waals surface area contributed by atoms with Crippen LogP contribution in [0.4, 0.5) is 11.4 Å². The van der Waals surface area contributed by atoms with Gasteiger partial charge in [-0.25, -0.2) is 0 Å². The number of anilines is 2. The van der Waals surface area contributed by atoms with Gasteiger partial charge in [0.25, 0.3) is 5.91 Å². The van der Waals surface area contributed by atoms with E-state index in [1.54, 1.807) is 17.0 Å². The summed E-state index contributed by atoms with van der Waals surface area (Å²) in [5, 5.41) is 10.1. The molecule has 3 atom stereocenters. The van der Waals surface area contributed by atoms with E-state index < -0.39 is 6.04 Å². The van der Waals surface area contributed by atoms with E-state index in [0.717, 1.165) is 68.4 Å². The lowest BCUT2D eigenvalue weighted by Gasteiger charge is -2.40. The van der Waals surface area contributed by atoms with Gasteiger partial charge < -0.3 is 24.5 Å². The Labute approximate surface area is 317 Å². The number of carbonyl (C=O) groups is 3. The number of fused-ring (bicyclic) bond motifs is 2. The first kappa shape index (κ1) is 34.6. The molecule has 4 aliphatic heterocycles. The van der Waals surface area contributed by atoms with E-state index in [1.165, 1.54) is 29.7 Å². The molecule has 1 aliphatic carbocycles. The highest BCUT2D eigenvalue weighted by Gasteiger charge is 2.39. The molecule has 54 heavy (non-hydrogen) atoms. The predicted molar refractivity (Wildman–Crippen MR) is 209 cm³/mol. The third-order valence-corrected chi connectivity index (χ3v) is 12.6. The smallest absolute Gasteiger partial charge is 0.255 e. The zero-order valence-electron chi connectivity index (χ0n) is 30.7. The number of ether oxygens (including phenoxy) is 1. The number of nitrogens with zero attached hydrogens (tertiary/aromatic N) is 4. The van der Waals surface area contributed by atoms with E-state index in [-0.39, 0.29) is 41.5 Å². The van der Waals surface area contributed by atoms with Crippen molar-refractivity contribution in [1.82, 2.24) is 9.80 Å². The second-order valence-corrected chi connectivity index (χ2v) is 15.8. The maximum Gasteiger partial charge on any atom is 0.255 e. The van der Waals surface area contributed by atoms with Gasteiger partial charge in [-0.05, 0) is 78.3 Å². The van der Waals surface area contributed by atoms with Crippen molar-refractivity contribution in [2.45, 2.75) is 56.5 Å². The Bertz CT molecular complexity index is 2030. The topological polar surface area (TPSA) is 93.6 Å². The van der Waals surface area contributed by atoms with Gasteiger partial charge >= 0.3 is 0 Å². The van der Waals surface area contributed by atoms with Crippen molar-refractivity contribution in [2.24, 2.45) is 5.92 Å². The van der Waals surface area contributed by atoms with Crippen molar-refractivity contribution < 1.29 is 24.2 Å². The van der Waals surface area contributed by atoms with Crippen LogP contribution in [0, 0.1) is 5.92 Å². The molecule has 1 amide bonds. The maximum atomic E-state index is 13.2. The summed E-state index contributed by atoms with van der Waals surface area (Å²) in [4.78, 5) is 46.7. The van der Waals surface area contributed by atoms with E-state index in [0.29, 0.717) is 37.5 Å². The van der Waals surface area contributed by atoms with Crippen LogP contribution in [-0.4, -0.2) is 90.8 Å². The molecule has 4 aromatic rings. The SMILES string of the molecule is O=C1CC[C@H](N2Cc3cc(N4CCN(CC5CCN(c6ccc([C@@H]7c8ccc(O)cc8OC[C@@H]7c7ccccc7)cc6)CC5)CC4)ccc3C2=O)C(=O)C1. The van der Waals surface area contributed by atoms with Crippen LogP contribution in [0.25, 0.3) is 0 Å². The van der Waals surface area contributed by atoms with Crippen molar-refractivity contribution in [3.63, 3.8) is 0 Å². The van der Waals surface area contributed by atoms with Gasteiger partial charge in [-0.1, -0.05) is 48.5 Å². The maximum absolute atomic E-state index is 13.2. The van der Waals surface area contributed by atoms with Gasteiger partial charge in [0.2, 0.25) is 0 Å². The zero-order chi connectivity index (χ0) is 36.8. The number of phenols is 1. The molecule has 0 aromatic heterocycles. The molecule has 9 heteroatoms. The summed E-state index contributed by atoms with van der Waals surface area (Å²) < 4.78 is 6.17. The van der Waals surface area contributed by atoms with Gasteiger partial charge in [-0.15, -0.1) is 0 Å². The predicted octanol–water partition coefficient (Wildman–Crippen LogP) is 6.39. The first-order valence-electron chi connectivity index (χ1n) is 19.7. The van der Waals surface area contributed by atoms with Crippen LogP contribution in [0.15, 0.2) is 91.0 Å². The molecule has 3 fully saturated rings. The first-order chi connectivity index (χ1) is 26.4. The minimum Gasteiger partial charge on any atom is -0.508 e. The largest absolute Gasteiger partial charge is 0.508 e. The molecule has 0 unspecified atom stereocenters. The lowest BCUT2D eigenvalue weighted by Crippen LogP contribution is -2.49. The zero-order valence-corrected chi connectivity index (χ0v) is 30.7. The highest BCUT2D eigenvalue weighted by Crippen LogP contribution is 2.47. The van der Waals surface area contributed by atoms with Crippen LogP contribution in [-0.2, 0) is 16.1 Å². The minimum atomic E-state index is -0.478. The molecule has 4 heterocycles. The molecule has 9 nitrogen and oxygen atoms in total. The number of hydrogen-bond donors (Lipinski definition) is 1. The highest BCUT2D eigenvalue weighted by molar-refractivity contribution is 6.07. The van der Waals surface area contributed by atoms with Crippen LogP contribution in [0.1, 0.15) is 76.6 Å². The number of aromatic hydroxyl groups is 1. The number of benzene rings is 4. The van der Waals surface area contributed by atoms with Gasteiger partial charge in [-0.2, -0.15) is 0 Å². The summed E-state index contributed by atoms with van der Waals surface area (Å²) in [6.07, 6.45) is 3.13. The standard InChI is InChI=1S/C45H48N4O5/c50-36-12-15-41(42(52)25-36)49-28-33-24-35(10-13-38(33)45(49)53)48-22-20-46(21-23-48)27-30-16-18-47(19-17-30)34-8-6-32(7-9-34)44-39-14-11-37(51)26-43(39)54-29-40(44)31-4-2-1-3-5-31/h1-11,13-14,24,26,30,40-41,44,51H,12,15-23,25,27-29H2/t40-,41+,44-/m1/s1. The quantitative estimate of drug-likeness (QED) is 0.220. The fraction of sp³-hybridized carbons (Fsp3) is 0.400. The Kier molecular flexibility index (Phi) is 9.35. The molecular weight excluding hydrogens is 677 g/mol. The van der Waals surface area contributed by atoms with Gasteiger partial charge in [0.05, 0.1) is 19.1 Å². The number of piperazine rings is 1. The molecule has 0 bridgehead atoms. The summed E-state index contributed by atoms with van der Waals surface area (Å²) in [5.74, 6) is 1.78. The van der Waals surface area contributed by atoms with Crippen molar-refractivity contribution in [3.8, 4) is 11.5 Å². The fourth-order valence-corrected chi connectivity index (χ4v) is 9.59. The van der Waals surface area contributed by atoms with Crippen molar-refractivity contribution in [3.05, 3.63) is 119 Å². The third kappa shape index (κ3) is 6.74. The third-order valence-electron chi connectivity index (χ3n) is 12.6. The van der Waals surface area contributed by atoms with Crippen LogP contribution < -0.4 is 14.5 Å². The van der Waals surface area contributed by atoms with E-state index >= 15 is 0 Å². The number of phenolic OH excluding ortho intramolecular Hbond substituents is 1. The first-order valence-corrected chi connectivity index (χ1v) is 19.7. The molecule has 278 valence electrons. The molecule has 1 N–H and O–H groups in total. The van der Waals surface area contributed by atoms with Gasteiger partial charge in [-0.3, -0.25) is 19.3 Å². The molecule has 9 rings (SSSR count). The summed E-state index contributed by atoms with van der Waals surface area (Å²) in [5.41, 5.74) is 7.73. The summed E-state index contributed by atoms with van der Waals surface area (Å²) >= 11 is 0. The monoisotopic (exact) mass is 724 g/mol. The molecule has 0 spiro atoms. The van der Waals surface area contributed by atoms with Gasteiger partial charge in [0.15, 0.2) is 5.78 Å². The summed E-state index contributed by atoms with van der Waals surface area (Å²) in [6.45, 7) is 8.21. The molecule has 2 saturated heterocycles. The van der Waals surface area contributed by atoms with E-state index in [9.17, 15) is 19.5 Å². The fourth-order valence-electron chi connectivity index (χ4n) is 9.59. The molecule has 0 radical (unpaired) electrons. The molecule has 5 aliphatic rings. The Morgan fingerprint density at radius 2 is 1.46 bits per heavy atom. The number of hydrogen-bond acceptors (Lipinski definition) is 8. The molecule has 1 saturated carbocycles. The molecular formula is C45H48N4O5. The second kappa shape index (κ2) is 14.6. The average molecular weight is 725 g/mol. The number of ketones is 2. The van der Waals surface area contributed by atoms with Crippen molar-refractivity contribution in [1.29, 1.82) is 0 Å². The van der Waals surface area contributed by atoms with E-state index in [4.69, 9.17) is 4.74 Å². The number of piperidine rings is 1. The normalized spacial score (nSPS) is 23.7. The van der Waals surface area contributed by atoms with Gasteiger partial charge in [0, 0.05) is 99.2 Å². The average Bonchev–Trinajstić information content (AvgIpc) is 3.53. The lowest BCUT2D eigenvalue weighted by molar-refractivity contribution is -0.133.